The number of benzene rings is 1. The van der Waals surface area contributed by atoms with Gasteiger partial charge in [0, 0.05) is 12.1 Å². The van der Waals surface area contributed by atoms with E-state index in [-0.39, 0.29) is 0 Å². The summed E-state index contributed by atoms with van der Waals surface area (Å²) in [7, 11) is 0. The topological polar surface area (TPSA) is 55.6 Å². The average Bonchev–Trinajstić information content (AvgIpc) is 3.13. The molecule has 0 spiro atoms. The van der Waals surface area contributed by atoms with Crippen molar-refractivity contribution in [2.45, 2.75) is 45.7 Å². The zero-order valence-electron chi connectivity index (χ0n) is 12.9. The zero-order chi connectivity index (χ0) is 14.8. The van der Waals surface area contributed by atoms with Crippen molar-refractivity contribution in [2.24, 2.45) is 11.8 Å². The van der Waals surface area contributed by atoms with Gasteiger partial charge < -0.3 is 5.32 Å². The second-order valence-corrected chi connectivity index (χ2v) is 6.26. The van der Waals surface area contributed by atoms with Gasteiger partial charge in [-0.3, -0.25) is 0 Å². The number of hydrogen-bond donors (Lipinski definition) is 1. The summed E-state index contributed by atoms with van der Waals surface area (Å²) in [6, 6.07) is 9.34. The van der Waals surface area contributed by atoms with Crippen LogP contribution >= 0.6 is 0 Å². The van der Waals surface area contributed by atoms with Gasteiger partial charge in [-0.2, -0.15) is 0 Å². The van der Waals surface area contributed by atoms with Crippen LogP contribution in [0.15, 0.2) is 30.6 Å². The molecule has 112 valence electrons. The van der Waals surface area contributed by atoms with Crippen molar-refractivity contribution in [3.05, 3.63) is 36.2 Å². The summed E-state index contributed by atoms with van der Waals surface area (Å²) in [6.07, 6.45) is 4.23. The first kappa shape index (κ1) is 14.2. The predicted molar refractivity (Wildman–Crippen MR) is 82.1 cm³/mol. The van der Waals surface area contributed by atoms with Crippen LogP contribution in [0, 0.1) is 11.8 Å². The largest absolute Gasteiger partial charge is 0.307 e. The highest BCUT2D eigenvalue weighted by molar-refractivity contribution is 5.35. The molecule has 1 saturated carbocycles. The van der Waals surface area contributed by atoms with Gasteiger partial charge in [0.15, 0.2) is 0 Å². The molecular formula is C16H23N5. The van der Waals surface area contributed by atoms with Crippen molar-refractivity contribution in [3.8, 4) is 5.69 Å². The van der Waals surface area contributed by atoms with Crippen LogP contribution in [0.2, 0.25) is 0 Å². The molecule has 4 atom stereocenters. The van der Waals surface area contributed by atoms with Gasteiger partial charge in [-0.05, 0) is 59.7 Å². The van der Waals surface area contributed by atoms with E-state index in [9.17, 15) is 0 Å². The molecule has 0 radical (unpaired) electrons. The molecule has 4 unspecified atom stereocenters. The van der Waals surface area contributed by atoms with Gasteiger partial charge in [0.05, 0.1) is 5.69 Å². The van der Waals surface area contributed by atoms with Gasteiger partial charge in [-0.25, -0.2) is 4.68 Å². The maximum Gasteiger partial charge on any atom is 0.143 e. The van der Waals surface area contributed by atoms with E-state index in [1.807, 2.05) is 6.07 Å². The average molecular weight is 285 g/mol. The Bertz CT molecular complexity index is 580. The van der Waals surface area contributed by atoms with E-state index in [2.05, 4.69) is 59.8 Å². The fourth-order valence-electron chi connectivity index (χ4n) is 3.23. The predicted octanol–water partition coefficient (Wildman–Crippen LogP) is 2.75. The smallest absolute Gasteiger partial charge is 0.143 e. The van der Waals surface area contributed by atoms with Gasteiger partial charge in [-0.1, -0.05) is 26.0 Å². The number of tetrazole rings is 1. The van der Waals surface area contributed by atoms with E-state index in [0.29, 0.717) is 12.1 Å². The monoisotopic (exact) mass is 285 g/mol. The van der Waals surface area contributed by atoms with Gasteiger partial charge in [-0.15, -0.1) is 5.10 Å². The highest BCUT2D eigenvalue weighted by Crippen LogP contribution is 2.32. The van der Waals surface area contributed by atoms with Gasteiger partial charge in [0.1, 0.15) is 6.33 Å². The maximum absolute atomic E-state index is 3.95. The van der Waals surface area contributed by atoms with E-state index in [4.69, 9.17) is 0 Å². The van der Waals surface area contributed by atoms with Crippen LogP contribution < -0.4 is 5.32 Å². The van der Waals surface area contributed by atoms with Crippen molar-refractivity contribution < 1.29 is 0 Å². The lowest BCUT2D eigenvalue weighted by molar-refractivity contribution is 0.347. The molecule has 5 heteroatoms. The second kappa shape index (κ2) is 5.93. The molecule has 1 N–H and O–H groups in total. The lowest BCUT2D eigenvalue weighted by atomic mass is 9.96. The van der Waals surface area contributed by atoms with Crippen LogP contribution in [0.25, 0.3) is 5.69 Å². The number of rotatable bonds is 4. The number of nitrogens with zero attached hydrogens (tertiary/aromatic N) is 4. The minimum Gasteiger partial charge on any atom is -0.307 e. The van der Waals surface area contributed by atoms with Gasteiger partial charge in [0.2, 0.25) is 0 Å². The zero-order valence-corrected chi connectivity index (χ0v) is 12.9. The van der Waals surface area contributed by atoms with Crippen LogP contribution in [0.1, 0.15) is 45.2 Å². The fraction of sp³-hybridized carbons (Fsp3) is 0.562. The quantitative estimate of drug-likeness (QED) is 0.938. The molecular weight excluding hydrogens is 262 g/mol. The first-order valence-electron chi connectivity index (χ1n) is 7.74. The Kier molecular flexibility index (Phi) is 4.01. The molecule has 1 aliphatic rings. The minimum absolute atomic E-state index is 0.333. The summed E-state index contributed by atoms with van der Waals surface area (Å²) in [5, 5.41) is 15.1. The summed E-state index contributed by atoms with van der Waals surface area (Å²) in [6.45, 7) is 6.95. The molecule has 1 aromatic carbocycles. The molecule has 21 heavy (non-hydrogen) atoms. The Morgan fingerprint density at radius 3 is 2.81 bits per heavy atom. The minimum atomic E-state index is 0.333. The summed E-state index contributed by atoms with van der Waals surface area (Å²) in [5.41, 5.74) is 2.27. The molecule has 1 heterocycles. The number of nitrogens with one attached hydrogen (secondary N) is 1. The summed E-state index contributed by atoms with van der Waals surface area (Å²) >= 11 is 0. The molecule has 5 nitrogen and oxygen atoms in total. The van der Waals surface area contributed by atoms with E-state index in [0.717, 1.165) is 17.5 Å². The van der Waals surface area contributed by atoms with Crippen LogP contribution in [0.5, 0.6) is 0 Å². The third-order valence-electron chi connectivity index (χ3n) is 4.91. The Balaban J connectivity index is 1.73. The SMILES string of the molecule is CC(NC1CCC(C)C1C)c1cccc(-n2cnnn2)c1. The van der Waals surface area contributed by atoms with Crippen molar-refractivity contribution >= 4 is 0 Å². The number of hydrogen-bond acceptors (Lipinski definition) is 4. The van der Waals surface area contributed by atoms with Crippen LogP contribution in [-0.2, 0) is 0 Å². The Morgan fingerprint density at radius 1 is 1.29 bits per heavy atom. The molecule has 0 amide bonds. The first-order chi connectivity index (χ1) is 10.1. The van der Waals surface area contributed by atoms with Gasteiger partial charge in [0.25, 0.3) is 0 Å². The summed E-state index contributed by atoms with van der Waals surface area (Å²) in [4.78, 5) is 0. The van der Waals surface area contributed by atoms with Crippen LogP contribution in [0.4, 0.5) is 0 Å². The van der Waals surface area contributed by atoms with Crippen LogP contribution in [0.3, 0.4) is 0 Å². The lowest BCUT2D eigenvalue weighted by Crippen LogP contribution is -2.34. The second-order valence-electron chi connectivity index (χ2n) is 6.26. The number of aromatic nitrogens is 4. The third kappa shape index (κ3) is 2.97. The fourth-order valence-corrected chi connectivity index (χ4v) is 3.23. The lowest BCUT2D eigenvalue weighted by Gasteiger charge is -2.24. The Labute approximate surface area is 125 Å². The summed E-state index contributed by atoms with van der Waals surface area (Å²) in [5.74, 6) is 1.57. The molecule has 0 aliphatic heterocycles. The molecule has 1 fully saturated rings. The summed E-state index contributed by atoms with van der Waals surface area (Å²) < 4.78 is 1.69. The highest BCUT2D eigenvalue weighted by atomic mass is 15.5. The molecule has 1 aromatic heterocycles. The van der Waals surface area contributed by atoms with Crippen molar-refractivity contribution in [1.29, 1.82) is 0 Å². The van der Waals surface area contributed by atoms with Gasteiger partial charge >= 0.3 is 0 Å². The molecule has 3 rings (SSSR count). The first-order valence-corrected chi connectivity index (χ1v) is 7.74. The normalized spacial score (nSPS) is 26.9. The van der Waals surface area contributed by atoms with Crippen molar-refractivity contribution in [1.82, 2.24) is 25.5 Å². The molecule has 0 saturated heterocycles. The third-order valence-corrected chi connectivity index (χ3v) is 4.91. The maximum atomic E-state index is 3.95. The van der Waals surface area contributed by atoms with Crippen molar-refractivity contribution in [3.63, 3.8) is 0 Å². The standard InChI is InChI=1S/C16H23N5/c1-11-7-8-16(12(11)2)18-13(3)14-5-4-6-15(9-14)21-10-17-19-20-21/h4-6,9-13,16,18H,7-8H2,1-3H3. The van der Waals surface area contributed by atoms with Crippen LogP contribution in [-0.4, -0.2) is 26.2 Å². The highest BCUT2D eigenvalue weighted by Gasteiger charge is 2.30. The van der Waals surface area contributed by atoms with E-state index < -0.39 is 0 Å². The van der Waals surface area contributed by atoms with E-state index in [1.54, 1.807) is 11.0 Å². The molecule has 2 aromatic rings. The van der Waals surface area contributed by atoms with E-state index >= 15 is 0 Å². The Morgan fingerprint density at radius 2 is 2.14 bits per heavy atom. The van der Waals surface area contributed by atoms with E-state index in [1.165, 1.54) is 18.4 Å². The molecule has 0 bridgehead atoms. The molecule has 1 aliphatic carbocycles. The Hall–Kier alpha value is -1.75. The van der Waals surface area contributed by atoms with Crippen molar-refractivity contribution in [2.75, 3.05) is 0 Å².